The zero-order valence-corrected chi connectivity index (χ0v) is 10.6. The van der Waals surface area contributed by atoms with E-state index in [0.717, 1.165) is 11.9 Å². The van der Waals surface area contributed by atoms with E-state index in [-0.39, 0.29) is 6.04 Å². The van der Waals surface area contributed by atoms with Gasteiger partial charge in [-0.25, -0.2) is 0 Å². The first kappa shape index (κ1) is 12.1. The van der Waals surface area contributed by atoms with Gasteiger partial charge in [-0.15, -0.1) is 0 Å². The van der Waals surface area contributed by atoms with Gasteiger partial charge in [-0.2, -0.15) is 0 Å². The first-order valence-corrected chi connectivity index (χ1v) is 6.33. The lowest BCUT2D eigenvalue weighted by Crippen LogP contribution is -2.19. The second-order valence-corrected chi connectivity index (χ2v) is 4.71. The Morgan fingerprint density at radius 3 is 2.76 bits per heavy atom. The molecule has 0 radical (unpaired) electrons. The van der Waals surface area contributed by atoms with Gasteiger partial charge in [0.2, 0.25) is 0 Å². The molecule has 0 spiro atoms. The minimum atomic E-state index is 0.0999. The molecule has 0 aliphatic carbocycles. The summed E-state index contributed by atoms with van der Waals surface area (Å²) in [5.74, 6) is 0.505. The number of para-hydroxylation sites is 1. The number of nitrogens with zero attached hydrogens (tertiary/aromatic N) is 1. The summed E-state index contributed by atoms with van der Waals surface area (Å²) in [5.41, 5.74) is 8.61. The Morgan fingerprint density at radius 1 is 1.24 bits per heavy atom. The highest BCUT2D eigenvalue weighted by Gasteiger charge is 2.16. The standard InChI is InChI=1S/C15H20N2/c1-3-6-11(2)15(16)13-9-10-17-14-8-5-4-7-12(13)14/h4-5,7-11,15H,3,6,16H2,1-2H3. The Kier molecular flexibility index (Phi) is 3.75. The third-order valence-corrected chi connectivity index (χ3v) is 3.40. The number of aromatic nitrogens is 1. The second-order valence-electron chi connectivity index (χ2n) is 4.71. The number of hydrogen-bond acceptors (Lipinski definition) is 2. The molecule has 0 aliphatic heterocycles. The SMILES string of the molecule is CCCC(C)C(N)c1ccnc2ccccc12. The van der Waals surface area contributed by atoms with Crippen molar-refractivity contribution in [3.8, 4) is 0 Å². The third-order valence-electron chi connectivity index (χ3n) is 3.40. The number of nitrogens with two attached hydrogens (primary N) is 1. The smallest absolute Gasteiger partial charge is 0.0705 e. The molecule has 1 aromatic carbocycles. The van der Waals surface area contributed by atoms with E-state index in [9.17, 15) is 0 Å². The van der Waals surface area contributed by atoms with Gasteiger partial charge in [-0.3, -0.25) is 4.98 Å². The van der Waals surface area contributed by atoms with Gasteiger partial charge in [0, 0.05) is 17.6 Å². The van der Waals surface area contributed by atoms with Crippen LogP contribution in [0.15, 0.2) is 36.5 Å². The molecule has 2 atom stereocenters. The molecule has 0 bridgehead atoms. The van der Waals surface area contributed by atoms with Crippen LogP contribution in [-0.2, 0) is 0 Å². The van der Waals surface area contributed by atoms with E-state index < -0.39 is 0 Å². The van der Waals surface area contributed by atoms with Gasteiger partial charge in [-0.05, 0) is 30.0 Å². The summed E-state index contributed by atoms with van der Waals surface area (Å²) in [6.07, 6.45) is 4.20. The molecule has 1 aromatic heterocycles. The van der Waals surface area contributed by atoms with E-state index in [0.29, 0.717) is 5.92 Å². The first-order chi connectivity index (χ1) is 8.24. The van der Waals surface area contributed by atoms with Crippen molar-refractivity contribution < 1.29 is 0 Å². The average molecular weight is 228 g/mol. The van der Waals surface area contributed by atoms with Crippen LogP contribution in [0.1, 0.15) is 38.3 Å². The number of rotatable bonds is 4. The van der Waals surface area contributed by atoms with E-state index in [1.54, 1.807) is 0 Å². The van der Waals surface area contributed by atoms with E-state index in [2.05, 4.69) is 31.0 Å². The summed E-state index contributed by atoms with van der Waals surface area (Å²) in [5, 5.41) is 1.19. The van der Waals surface area contributed by atoms with Crippen molar-refractivity contribution in [3.05, 3.63) is 42.1 Å². The predicted molar refractivity (Wildman–Crippen MR) is 72.7 cm³/mol. The molecular weight excluding hydrogens is 208 g/mol. The van der Waals surface area contributed by atoms with Crippen LogP contribution in [0.5, 0.6) is 0 Å². The predicted octanol–water partition coefficient (Wildman–Crippen LogP) is 3.67. The molecule has 0 saturated carbocycles. The number of fused-ring (bicyclic) bond motifs is 1. The average Bonchev–Trinajstić information content (AvgIpc) is 2.37. The molecular formula is C15H20N2. The first-order valence-electron chi connectivity index (χ1n) is 6.33. The summed E-state index contributed by atoms with van der Waals surface area (Å²) in [7, 11) is 0. The fourth-order valence-electron chi connectivity index (χ4n) is 2.35. The van der Waals surface area contributed by atoms with Crippen molar-refractivity contribution in [2.75, 3.05) is 0 Å². The van der Waals surface area contributed by atoms with Crippen LogP contribution in [0.2, 0.25) is 0 Å². The van der Waals surface area contributed by atoms with E-state index in [4.69, 9.17) is 5.73 Å². The topological polar surface area (TPSA) is 38.9 Å². The Morgan fingerprint density at radius 2 is 2.00 bits per heavy atom. The maximum atomic E-state index is 6.36. The maximum Gasteiger partial charge on any atom is 0.0705 e. The minimum absolute atomic E-state index is 0.0999. The zero-order chi connectivity index (χ0) is 12.3. The van der Waals surface area contributed by atoms with Gasteiger partial charge < -0.3 is 5.73 Å². The zero-order valence-electron chi connectivity index (χ0n) is 10.6. The second kappa shape index (κ2) is 5.28. The lowest BCUT2D eigenvalue weighted by atomic mass is 9.90. The minimum Gasteiger partial charge on any atom is -0.324 e. The highest BCUT2D eigenvalue weighted by molar-refractivity contribution is 5.82. The van der Waals surface area contributed by atoms with Gasteiger partial charge in [0.05, 0.1) is 5.52 Å². The summed E-state index contributed by atoms with van der Waals surface area (Å²) in [6, 6.07) is 10.4. The molecule has 2 nitrogen and oxygen atoms in total. The molecule has 2 aromatic rings. The van der Waals surface area contributed by atoms with Crippen molar-refractivity contribution in [2.45, 2.75) is 32.7 Å². The van der Waals surface area contributed by atoms with Gasteiger partial charge in [0.25, 0.3) is 0 Å². The van der Waals surface area contributed by atoms with Crippen LogP contribution in [-0.4, -0.2) is 4.98 Å². The van der Waals surface area contributed by atoms with E-state index in [1.165, 1.54) is 17.4 Å². The molecule has 0 amide bonds. The fraction of sp³-hybridized carbons (Fsp3) is 0.400. The van der Waals surface area contributed by atoms with Gasteiger partial charge >= 0.3 is 0 Å². The molecule has 90 valence electrons. The van der Waals surface area contributed by atoms with E-state index >= 15 is 0 Å². The Hall–Kier alpha value is -1.41. The van der Waals surface area contributed by atoms with E-state index in [1.807, 2.05) is 24.4 Å². The van der Waals surface area contributed by atoms with Crippen LogP contribution in [0.25, 0.3) is 10.9 Å². The molecule has 2 rings (SSSR count). The summed E-state index contributed by atoms with van der Waals surface area (Å²) in [6.45, 7) is 4.43. The third kappa shape index (κ3) is 2.47. The quantitative estimate of drug-likeness (QED) is 0.867. The highest BCUT2D eigenvalue weighted by atomic mass is 14.7. The molecule has 0 aliphatic rings. The van der Waals surface area contributed by atoms with Crippen LogP contribution in [0.4, 0.5) is 0 Å². The molecule has 2 unspecified atom stereocenters. The molecule has 17 heavy (non-hydrogen) atoms. The highest BCUT2D eigenvalue weighted by Crippen LogP contribution is 2.28. The van der Waals surface area contributed by atoms with Crippen molar-refractivity contribution in [1.29, 1.82) is 0 Å². The van der Waals surface area contributed by atoms with Gasteiger partial charge in [0.1, 0.15) is 0 Å². The fourth-order valence-corrected chi connectivity index (χ4v) is 2.35. The van der Waals surface area contributed by atoms with Crippen molar-refractivity contribution in [2.24, 2.45) is 11.7 Å². The maximum absolute atomic E-state index is 6.36. The molecule has 2 heteroatoms. The summed E-state index contributed by atoms with van der Waals surface area (Å²) < 4.78 is 0. The van der Waals surface area contributed by atoms with Crippen LogP contribution in [0.3, 0.4) is 0 Å². The Balaban J connectivity index is 2.41. The Labute approximate surface area is 103 Å². The molecule has 1 heterocycles. The molecule has 0 saturated heterocycles. The lowest BCUT2D eigenvalue weighted by molar-refractivity contribution is 0.435. The van der Waals surface area contributed by atoms with Gasteiger partial charge in [-0.1, -0.05) is 38.5 Å². The number of hydrogen-bond donors (Lipinski definition) is 1. The van der Waals surface area contributed by atoms with Crippen molar-refractivity contribution in [3.63, 3.8) is 0 Å². The van der Waals surface area contributed by atoms with Crippen molar-refractivity contribution >= 4 is 10.9 Å². The summed E-state index contributed by atoms with van der Waals surface area (Å²) in [4.78, 5) is 4.37. The lowest BCUT2D eigenvalue weighted by Gasteiger charge is -2.21. The normalized spacial score (nSPS) is 14.8. The largest absolute Gasteiger partial charge is 0.324 e. The van der Waals surface area contributed by atoms with Crippen molar-refractivity contribution in [1.82, 2.24) is 4.98 Å². The van der Waals surface area contributed by atoms with Gasteiger partial charge in [0.15, 0.2) is 0 Å². The van der Waals surface area contributed by atoms with Crippen LogP contribution in [0, 0.1) is 5.92 Å². The summed E-state index contributed by atoms with van der Waals surface area (Å²) >= 11 is 0. The molecule has 2 N–H and O–H groups in total. The molecule has 0 fully saturated rings. The Bertz CT molecular complexity index is 488. The monoisotopic (exact) mass is 228 g/mol. The number of benzene rings is 1. The van der Waals surface area contributed by atoms with Crippen LogP contribution >= 0.6 is 0 Å². The number of pyridine rings is 1. The van der Waals surface area contributed by atoms with Crippen LogP contribution < -0.4 is 5.73 Å².